The van der Waals surface area contributed by atoms with Crippen LogP contribution in [0.4, 0.5) is 5.13 Å². The smallest absolute Gasteiger partial charge is 0.226 e. The molecular weight excluding hydrogens is 298 g/mol. The van der Waals surface area contributed by atoms with Gasteiger partial charge in [0.25, 0.3) is 0 Å². The highest BCUT2D eigenvalue weighted by Gasteiger charge is 2.12. The molecule has 1 amide bonds. The molecule has 22 heavy (non-hydrogen) atoms. The van der Waals surface area contributed by atoms with Crippen LogP contribution in [0.5, 0.6) is 0 Å². The molecule has 0 aromatic carbocycles. The number of aryl methyl sites for hydroxylation is 2. The summed E-state index contributed by atoms with van der Waals surface area (Å²) in [6, 6.07) is 1.97. The van der Waals surface area contributed by atoms with Crippen LogP contribution in [0.15, 0.2) is 15.9 Å². The topological polar surface area (TPSA) is 81.2 Å². The van der Waals surface area contributed by atoms with Gasteiger partial charge in [0.2, 0.25) is 5.91 Å². The Morgan fingerprint density at radius 3 is 2.77 bits per heavy atom. The Bertz CT molecular complexity index is 619. The van der Waals surface area contributed by atoms with Gasteiger partial charge in [-0.3, -0.25) is 4.79 Å². The molecule has 6 heteroatoms. The van der Waals surface area contributed by atoms with Gasteiger partial charge in [-0.1, -0.05) is 12.8 Å². The third-order valence-corrected chi connectivity index (χ3v) is 4.18. The average Bonchev–Trinajstić information content (AvgIpc) is 3.05. The number of amides is 1. The molecule has 0 radical (unpaired) electrons. The zero-order valence-corrected chi connectivity index (χ0v) is 14.0. The van der Waals surface area contributed by atoms with E-state index in [9.17, 15) is 4.79 Å². The van der Waals surface area contributed by atoms with Crippen LogP contribution in [-0.2, 0) is 4.79 Å². The van der Waals surface area contributed by atoms with Crippen molar-refractivity contribution in [1.82, 2.24) is 4.98 Å². The van der Waals surface area contributed by atoms with Gasteiger partial charge in [0.05, 0.1) is 5.69 Å². The molecule has 2 rings (SSSR count). The number of nitrogens with zero attached hydrogens (tertiary/aromatic N) is 1. The van der Waals surface area contributed by atoms with Crippen molar-refractivity contribution in [2.45, 2.75) is 46.0 Å². The Hall–Kier alpha value is -1.66. The van der Waals surface area contributed by atoms with E-state index in [1.807, 2.05) is 25.3 Å². The number of nitrogens with one attached hydrogen (secondary N) is 1. The van der Waals surface area contributed by atoms with Gasteiger partial charge in [-0.05, 0) is 39.3 Å². The van der Waals surface area contributed by atoms with Crippen molar-refractivity contribution in [2.75, 3.05) is 11.9 Å². The highest BCUT2D eigenvalue weighted by atomic mass is 32.1. The van der Waals surface area contributed by atoms with E-state index in [1.54, 1.807) is 0 Å². The van der Waals surface area contributed by atoms with Crippen LogP contribution in [0, 0.1) is 13.8 Å². The van der Waals surface area contributed by atoms with Gasteiger partial charge >= 0.3 is 0 Å². The molecule has 0 aliphatic heterocycles. The minimum absolute atomic E-state index is 0.0220. The molecule has 0 atom stereocenters. The highest BCUT2D eigenvalue weighted by Crippen LogP contribution is 2.29. The number of unbranched alkanes of at least 4 members (excludes halogenated alkanes) is 3. The lowest BCUT2D eigenvalue weighted by molar-refractivity contribution is -0.116. The summed E-state index contributed by atoms with van der Waals surface area (Å²) in [6.07, 6.45) is 4.58. The van der Waals surface area contributed by atoms with E-state index in [2.05, 4.69) is 10.3 Å². The molecule has 0 aliphatic carbocycles. The van der Waals surface area contributed by atoms with Crippen LogP contribution in [0.3, 0.4) is 0 Å². The molecule has 5 nitrogen and oxygen atoms in total. The predicted octanol–water partition coefficient (Wildman–Crippen LogP) is 3.87. The first kappa shape index (κ1) is 16.7. The summed E-state index contributed by atoms with van der Waals surface area (Å²) in [7, 11) is 0. The third-order valence-electron chi connectivity index (χ3n) is 3.43. The summed E-state index contributed by atoms with van der Waals surface area (Å²) < 4.78 is 5.51. The number of hydrogen-bond acceptors (Lipinski definition) is 5. The minimum atomic E-state index is 0.0220. The van der Waals surface area contributed by atoms with E-state index in [0.29, 0.717) is 11.6 Å². The Balaban J connectivity index is 1.84. The van der Waals surface area contributed by atoms with Crippen molar-refractivity contribution in [3.63, 3.8) is 0 Å². The molecule has 2 aromatic rings. The first-order chi connectivity index (χ1) is 10.6. The van der Waals surface area contributed by atoms with Gasteiger partial charge < -0.3 is 15.5 Å². The first-order valence-electron chi connectivity index (χ1n) is 7.63. The fraction of sp³-hybridized carbons (Fsp3) is 0.500. The monoisotopic (exact) mass is 321 g/mol. The number of carbonyl (C=O) groups is 1. The molecule has 120 valence electrons. The SMILES string of the molecule is Cc1cc(-c2csc(NC(=O)CCCCCCN)n2)c(C)o1. The fourth-order valence-corrected chi connectivity index (χ4v) is 3.03. The van der Waals surface area contributed by atoms with Crippen LogP contribution in [0.1, 0.15) is 43.6 Å². The maximum absolute atomic E-state index is 11.9. The average molecular weight is 321 g/mol. The van der Waals surface area contributed by atoms with Crippen molar-refractivity contribution in [1.29, 1.82) is 0 Å². The van der Waals surface area contributed by atoms with Crippen LogP contribution < -0.4 is 11.1 Å². The number of thiazole rings is 1. The van der Waals surface area contributed by atoms with Gasteiger partial charge in [-0.15, -0.1) is 11.3 Å². The van der Waals surface area contributed by atoms with Crippen LogP contribution in [0.25, 0.3) is 11.3 Å². The van der Waals surface area contributed by atoms with Crippen molar-refractivity contribution >= 4 is 22.4 Å². The lowest BCUT2D eigenvalue weighted by Gasteiger charge is -2.01. The maximum atomic E-state index is 11.9. The van der Waals surface area contributed by atoms with E-state index < -0.39 is 0 Å². The Morgan fingerprint density at radius 1 is 1.32 bits per heavy atom. The zero-order chi connectivity index (χ0) is 15.9. The second-order valence-corrected chi connectivity index (χ2v) is 6.22. The van der Waals surface area contributed by atoms with Gasteiger partial charge in [-0.2, -0.15) is 0 Å². The van der Waals surface area contributed by atoms with Gasteiger partial charge in [-0.25, -0.2) is 4.98 Å². The molecule has 3 N–H and O–H groups in total. The van der Waals surface area contributed by atoms with Crippen molar-refractivity contribution < 1.29 is 9.21 Å². The summed E-state index contributed by atoms with van der Waals surface area (Å²) in [5.41, 5.74) is 7.27. The number of hydrogen-bond donors (Lipinski definition) is 2. The lowest BCUT2D eigenvalue weighted by atomic mass is 10.1. The van der Waals surface area contributed by atoms with Gasteiger partial charge in [0, 0.05) is 17.4 Å². The Labute approximate surface area is 134 Å². The predicted molar refractivity (Wildman–Crippen MR) is 90.1 cm³/mol. The number of rotatable bonds is 8. The van der Waals surface area contributed by atoms with E-state index in [4.69, 9.17) is 10.2 Å². The number of carbonyl (C=O) groups excluding carboxylic acids is 1. The summed E-state index contributed by atoms with van der Waals surface area (Å²) in [4.78, 5) is 16.3. The molecule has 0 bridgehead atoms. The molecule has 0 unspecified atom stereocenters. The number of anilines is 1. The van der Waals surface area contributed by atoms with Crippen LogP contribution in [0.2, 0.25) is 0 Å². The molecular formula is C16H23N3O2S. The van der Waals surface area contributed by atoms with Crippen molar-refractivity contribution in [2.24, 2.45) is 5.73 Å². The van der Waals surface area contributed by atoms with E-state index >= 15 is 0 Å². The maximum Gasteiger partial charge on any atom is 0.226 e. The quantitative estimate of drug-likeness (QED) is 0.723. The molecule has 0 spiro atoms. The molecule has 2 aromatic heterocycles. The minimum Gasteiger partial charge on any atom is -0.466 e. The summed E-state index contributed by atoms with van der Waals surface area (Å²) in [5.74, 6) is 1.73. The molecule has 0 fully saturated rings. The molecule has 0 saturated heterocycles. The van der Waals surface area contributed by atoms with Crippen molar-refractivity contribution in [3.8, 4) is 11.3 Å². The first-order valence-corrected chi connectivity index (χ1v) is 8.51. The van der Waals surface area contributed by atoms with Crippen molar-refractivity contribution in [3.05, 3.63) is 23.0 Å². The second kappa shape index (κ2) is 8.10. The van der Waals surface area contributed by atoms with E-state index in [-0.39, 0.29) is 5.91 Å². The van der Waals surface area contributed by atoms with Crippen LogP contribution in [-0.4, -0.2) is 17.4 Å². The summed E-state index contributed by atoms with van der Waals surface area (Å²) >= 11 is 1.44. The standard InChI is InChI=1S/C16H23N3O2S/c1-11-9-13(12(2)21-11)14-10-22-16(18-14)19-15(20)7-5-3-4-6-8-17/h9-10H,3-8,17H2,1-2H3,(H,18,19,20). The lowest BCUT2D eigenvalue weighted by Crippen LogP contribution is -2.10. The number of nitrogens with two attached hydrogens (primary N) is 1. The number of aromatic nitrogens is 1. The summed E-state index contributed by atoms with van der Waals surface area (Å²) in [6.45, 7) is 4.55. The fourth-order valence-electron chi connectivity index (χ4n) is 2.31. The highest BCUT2D eigenvalue weighted by molar-refractivity contribution is 7.14. The van der Waals surface area contributed by atoms with Crippen LogP contribution >= 0.6 is 11.3 Å². The number of furan rings is 1. The second-order valence-electron chi connectivity index (χ2n) is 5.37. The molecule has 2 heterocycles. The molecule has 0 aliphatic rings. The third kappa shape index (κ3) is 4.68. The van der Waals surface area contributed by atoms with E-state index in [1.165, 1.54) is 11.3 Å². The van der Waals surface area contributed by atoms with Gasteiger partial charge in [0.1, 0.15) is 11.5 Å². The normalized spacial score (nSPS) is 10.9. The molecule has 0 saturated carbocycles. The zero-order valence-electron chi connectivity index (χ0n) is 13.1. The largest absolute Gasteiger partial charge is 0.466 e. The van der Waals surface area contributed by atoms with E-state index in [0.717, 1.165) is 55.0 Å². The Kier molecular flexibility index (Phi) is 6.15. The summed E-state index contributed by atoms with van der Waals surface area (Å²) in [5, 5.41) is 5.44. The van der Waals surface area contributed by atoms with Gasteiger partial charge in [0.15, 0.2) is 5.13 Å². The Morgan fingerprint density at radius 2 is 2.09 bits per heavy atom.